The number of halogens is 1. The molecule has 0 radical (unpaired) electrons. The first-order valence-corrected chi connectivity index (χ1v) is 9.91. The topological polar surface area (TPSA) is 55.6 Å². The fourth-order valence-corrected chi connectivity index (χ4v) is 5.10. The monoisotopic (exact) mass is 362 g/mol. The third kappa shape index (κ3) is 3.57. The number of rotatable bonds is 2. The highest BCUT2D eigenvalue weighted by Gasteiger charge is 2.42. The van der Waals surface area contributed by atoms with E-state index in [9.17, 15) is 4.79 Å². The minimum absolute atomic E-state index is 0.0553. The molecule has 4 rings (SSSR count). The number of fused-ring (bicyclic) bond motifs is 2. The summed E-state index contributed by atoms with van der Waals surface area (Å²) in [7, 11) is 0. The van der Waals surface area contributed by atoms with Gasteiger partial charge in [-0.25, -0.2) is 0 Å². The maximum absolute atomic E-state index is 13.1. The van der Waals surface area contributed by atoms with Crippen LogP contribution in [0.3, 0.4) is 0 Å². The van der Waals surface area contributed by atoms with Gasteiger partial charge in [0.2, 0.25) is 5.91 Å². The van der Waals surface area contributed by atoms with Crippen molar-refractivity contribution >= 4 is 17.5 Å². The number of benzene rings is 1. The van der Waals surface area contributed by atoms with Gasteiger partial charge >= 0.3 is 0 Å². The van der Waals surface area contributed by atoms with Crippen LogP contribution in [-0.4, -0.2) is 36.5 Å². The predicted molar refractivity (Wildman–Crippen MR) is 98.3 cm³/mol. The molecule has 1 saturated heterocycles. The molecule has 2 saturated carbocycles. The first-order chi connectivity index (χ1) is 12.1. The van der Waals surface area contributed by atoms with Crippen molar-refractivity contribution in [3.8, 4) is 0 Å². The van der Waals surface area contributed by atoms with Gasteiger partial charge in [0.15, 0.2) is 0 Å². The molecule has 2 N–H and O–H groups in total. The second-order valence-electron chi connectivity index (χ2n) is 7.89. The second kappa shape index (κ2) is 7.26. The molecule has 3 aliphatic rings. The summed E-state index contributed by atoms with van der Waals surface area (Å²) in [5, 5.41) is 0.720. The standard InChI is InChI=1S/C20H27ClN2O2/c21-17-6-4-13(5-7-17)18-12-23(8-9-25-18)20(24)16-10-14-2-1-3-15(11-16)19(14)22/h4-7,14-16,18-19H,1-3,8-12,22H2. The minimum Gasteiger partial charge on any atom is -0.370 e. The largest absolute Gasteiger partial charge is 0.370 e. The quantitative estimate of drug-likeness (QED) is 0.877. The molecule has 136 valence electrons. The number of morpholine rings is 1. The van der Waals surface area contributed by atoms with E-state index < -0.39 is 0 Å². The maximum Gasteiger partial charge on any atom is 0.225 e. The summed E-state index contributed by atoms with van der Waals surface area (Å²) in [4.78, 5) is 15.1. The van der Waals surface area contributed by atoms with Crippen molar-refractivity contribution in [2.45, 2.75) is 44.2 Å². The lowest BCUT2D eigenvalue weighted by atomic mass is 9.65. The van der Waals surface area contributed by atoms with Gasteiger partial charge in [-0.05, 0) is 55.2 Å². The molecule has 1 aliphatic heterocycles. The van der Waals surface area contributed by atoms with Crippen molar-refractivity contribution in [3.05, 3.63) is 34.9 Å². The third-order valence-electron chi connectivity index (χ3n) is 6.38. The SMILES string of the molecule is NC1C2CCCC1CC(C(=O)N1CCOC(c3ccc(Cl)cc3)C1)C2. The van der Waals surface area contributed by atoms with Crippen LogP contribution in [-0.2, 0) is 9.53 Å². The molecular weight excluding hydrogens is 336 g/mol. The minimum atomic E-state index is -0.0553. The third-order valence-corrected chi connectivity index (χ3v) is 6.63. The molecule has 4 nitrogen and oxygen atoms in total. The molecule has 25 heavy (non-hydrogen) atoms. The number of hydrogen-bond acceptors (Lipinski definition) is 3. The van der Waals surface area contributed by atoms with Crippen molar-refractivity contribution < 1.29 is 9.53 Å². The second-order valence-corrected chi connectivity index (χ2v) is 8.33. The number of amides is 1. The van der Waals surface area contributed by atoms with E-state index in [1.807, 2.05) is 29.2 Å². The Morgan fingerprint density at radius 2 is 1.84 bits per heavy atom. The smallest absolute Gasteiger partial charge is 0.225 e. The molecule has 2 bridgehead atoms. The molecule has 3 unspecified atom stereocenters. The Bertz CT molecular complexity index is 607. The van der Waals surface area contributed by atoms with Gasteiger partial charge in [0.25, 0.3) is 0 Å². The Kier molecular flexibility index (Phi) is 5.03. The molecule has 1 heterocycles. The first-order valence-electron chi connectivity index (χ1n) is 9.53. The normalized spacial score (nSPS) is 35.4. The van der Waals surface area contributed by atoms with E-state index in [1.165, 1.54) is 19.3 Å². The maximum atomic E-state index is 13.1. The summed E-state index contributed by atoms with van der Waals surface area (Å²) in [5.74, 6) is 1.54. The number of carbonyl (C=O) groups is 1. The zero-order valence-electron chi connectivity index (χ0n) is 14.6. The van der Waals surface area contributed by atoms with Crippen LogP contribution in [0.25, 0.3) is 0 Å². The summed E-state index contributed by atoms with van der Waals surface area (Å²) in [6, 6.07) is 8.05. The van der Waals surface area contributed by atoms with Gasteiger partial charge in [-0.3, -0.25) is 4.79 Å². The van der Waals surface area contributed by atoms with E-state index in [0.717, 1.165) is 23.4 Å². The summed E-state index contributed by atoms with van der Waals surface area (Å²) < 4.78 is 5.91. The molecule has 3 fully saturated rings. The molecule has 1 aromatic rings. The Morgan fingerprint density at radius 3 is 2.52 bits per heavy atom. The highest BCUT2D eigenvalue weighted by Crippen LogP contribution is 2.42. The summed E-state index contributed by atoms with van der Waals surface area (Å²) in [6.07, 6.45) is 5.55. The lowest BCUT2D eigenvalue weighted by Crippen LogP contribution is -2.51. The van der Waals surface area contributed by atoms with Crippen molar-refractivity contribution in [2.75, 3.05) is 19.7 Å². The van der Waals surface area contributed by atoms with Crippen molar-refractivity contribution in [3.63, 3.8) is 0 Å². The van der Waals surface area contributed by atoms with E-state index >= 15 is 0 Å². The average Bonchev–Trinajstić information content (AvgIpc) is 2.62. The Hall–Kier alpha value is -1.10. The van der Waals surface area contributed by atoms with Crippen LogP contribution in [0.2, 0.25) is 5.02 Å². The lowest BCUT2D eigenvalue weighted by molar-refractivity contribution is -0.146. The van der Waals surface area contributed by atoms with E-state index in [0.29, 0.717) is 43.5 Å². The van der Waals surface area contributed by atoms with Crippen LogP contribution in [0.1, 0.15) is 43.8 Å². The van der Waals surface area contributed by atoms with Gasteiger partial charge in [-0.15, -0.1) is 0 Å². The van der Waals surface area contributed by atoms with Gasteiger partial charge in [0.05, 0.1) is 13.2 Å². The lowest BCUT2D eigenvalue weighted by Gasteiger charge is -2.45. The van der Waals surface area contributed by atoms with Gasteiger partial charge in [-0.2, -0.15) is 0 Å². The molecule has 1 amide bonds. The van der Waals surface area contributed by atoms with Gasteiger partial charge < -0.3 is 15.4 Å². The zero-order valence-corrected chi connectivity index (χ0v) is 15.3. The number of carbonyl (C=O) groups excluding carboxylic acids is 1. The number of nitrogens with zero attached hydrogens (tertiary/aromatic N) is 1. The highest BCUT2D eigenvalue weighted by molar-refractivity contribution is 6.30. The van der Waals surface area contributed by atoms with Crippen LogP contribution in [0, 0.1) is 17.8 Å². The summed E-state index contributed by atoms with van der Waals surface area (Å²) in [5.41, 5.74) is 7.47. The Labute approximate surface area is 154 Å². The van der Waals surface area contributed by atoms with Crippen LogP contribution in [0.5, 0.6) is 0 Å². The summed E-state index contributed by atoms with van der Waals surface area (Å²) >= 11 is 5.97. The molecule has 5 heteroatoms. The Morgan fingerprint density at radius 1 is 1.16 bits per heavy atom. The van der Waals surface area contributed by atoms with Crippen LogP contribution < -0.4 is 5.73 Å². The molecule has 0 aromatic heterocycles. The predicted octanol–water partition coefficient (Wildman–Crippen LogP) is 3.39. The first kappa shape index (κ1) is 17.3. The number of ether oxygens (including phenoxy) is 1. The van der Waals surface area contributed by atoms with E-state index in [-0.39, 0.29) is 12.0 Å². The van der Waals surface area contributed by atoms with Crippen LogP contribution in [0.15, 0.2) is 24.3 Å². The summed E-state index contributed by atoms with van der Waals surface area (Å²) in [6.45, 7) is 1.93. The molecular formula is C20H27ClN2O2. The fraction of sp³-hybridized carbons (Fsp3) is 0.650. The molecule has 1 aromatic carbocycles. The fourth-order valence-electron chi connectivity index (χ4n) is 4.98. The van der Waals surface area contributed by atoms with Crippen LogP contribution >= 0.6 is 11.6 Å². The average molecular weight is 363 g/mol. The van der Waals surface area contributed by atoms with E-state index in [2.05, 4.69) is 0 Å². The van der Waals surface area contributed by atoms with Crippen molar-refractivity contribution in [1.82, 2.24) is 4.90 Å². The van der Waals surface area contributed by atoms with E-state index in [1.54, 1.807) is 0 Å². The van der Waals surface area contributed by atoms with Crippen LogP contribution in [0.4, 0.5) is 0 Å². The van der Waals surface area contributed by atoms with Crippen molar-refractivity contribution in [2.24, 2.45) is 23.5 Å². The van der Waals surface area contributed by atoms with Crippen molar-refractivity contribution in [1.29, 1.82) is 0 Å². The number of nitrogens with two attached hydrogens (primary N) is 1. The van der Waals surface area contributed by atoms with Gasteiger partial charge in [0, 0.05) is 23.5 Å². The van der Waals surface area contributed by atoms with E-state index in [4.69, 9.17) is 22.1 Å². The Balaban J connectivity index is 1.42. The highest BCUT2D eigenvalue weighted by atomic mass is 35.5. The molecule has 3 atom stereocenters. The molecule has 0 spiro atoms. The van der Waals surface area contributed by atoms with Gasteiger partial charge in [0.1, 0.15) is 6.10 Å². The molecule has 2 aliphatic carbocycles. The zero-order chi connectivity index (χ0) is 17.4. The number of hydrogen-bond donors (Lipinski definition) is 1. The van der Waals surface area contributed by atoms with Gasteiger partial charge in [-0.1, -0.05) is 30.2 Å².